The molecule has 1 fully saturated rings. The van der Waals surface area contributed by atoms with Crippen LogP contribution in [0.4, 0.5) is 14.5 Å². The van der Waals surface area contributed by atoms with Gasteiger partial charge in [0.25, 0.3) is 5.91 Å². The van der Waals surface area contributed by atoms with Gasteiger partial charge in [-0.25, -0.2) is 9.18 Å². The van der Waals surface area contributed by atoms with Crippen LogP contribution in [0.3, 0.4) is 0 Å². The highest BCUT2D eigenvalue weighted by molar-refractivity contribution is 7.99. The Morgan fingerprint density at radius 3 is 2.62 bits per heavy atom. The molecule has 10 heteroatoms. The number of carboxylic acid groups (broad SMARTS) is 1. The molecule has 0 radical (unpaired) electrons. The standard InChI is InChI=1S/C11H8F2N2O5S/c12-6-2-8(15(19)20)7(13)1-5(6)10(16)14-4-21-3-9(14)11(17)18/h1-2,9H,3-4H2,(H,17,18). The SMILES string of the molecule is O=C(O)C1CSCN1C(=O)c1cc(F)c([N+](=O)[O-])cc1F. The van der Waals surface area contributed by atoms with E-state index in [2.05, 4.69) is 0 Å². The van der Waals surface area contributed by atoms with Crippen LogP contribution in [-0.4, -0.2) is 44.5 Å². The Bertz CT molecular complexity index is 639. The lowest BCUT2D eigenvalue weighted by atomic mass is 10.1. The van der Waals surface area contributed by atoms with Gasteiger partial charge in [-0.05, 0) is 6.07 Å². The Hall–Kier alpha value is -2.23. The van der Waals surface area contributed by atoms with Crippen molar-refractivity contribution in [2.45, 2.75) is 6.04 Å². The van der Waals surface area contributed by atoms with Crippen LogP contribution >= 0.6 is 11.8 Å². The van der Waals surface area contributed by atoms with Gasteiger partial charge in [0.15, 0.2) is 0 Å². The van der Waals surface area contributed by atoms with E-state index in [0.717, 1.165) is 16.7 Å². The molecule has 1 saturated heterocycles. The summed E-state index contributed by atoms with van der Waals surface area (Å²) >= 11 is 1.16. The normalized spacial score (nSPS) is 17.8. The maximum absolute atomic E-state index is 13.7. The zero-order valence-corrected chi connectivity index (χ0v) is 11.1. The molecule has 0 spiro atoms. The predicted octanol–water partition coefficient (Wildman–Crippen LogP) is 1.47. The van der Waals surface area contributed by atoms with E-state index in [1.54, 1.807) is 0 Å². The zero-order valence-electron chi connectivity index (χ0n) is 10.3. The predicted molar refractivity (Wildman–Crippen MR) is 67.9 cm³/mol. The third kappa shape index (κ3) is 2.79. The summed E-state index contributed by atoms with van der Waals surface area (Å²) in [6.45, 7) is 0. The van der Waals surface area contributed by atoms with Crippen molar-refractivity contribution >= 4 is 29.3 Å². The fourth-order valence-corrected chi connectivity index (χ4v) is 2.99. The maximum atomic E-state index is 13.7. The molecule has 1 aromatic carbocycles. The van der Waals surface area contributed by atoms with Crippen LogP contribution in [0.5, 0.6) is 0 Å². The van der Waals surface area contributed by atoms with Crippen molar-refractivity contribution in [3.8, 4) is 0 Å². The van der Waals surface area contributed by atoms with Crippen LogP contribution in [0.2, 0.25) is 0 Å². The number of hydrogen-bond acceptors (Lipinski definition) is 5. The number of aliphatic carboxylic acids is 1. The van der Waals surface area contributed by atoms with Crippen molar-refractivity contribution < 1.29 is 28.4 Å². The first-order valence-corrected chi connectivity index (χ1v) is 6.73. The summed E-state index contributed by atoms with van der Waals surface area (Å²) in [6.07, 6.45) is 0. The fraction of sp³-hybridized carbons (Fsp3) is 0.273. The molecule has 0 aliphatic carbocycles. The number of carboxylic acids is 1. The van der Waals surface area contributed by atoms with Gasteiger partial charge in [-0.3, -0.25) is 14.9 Å². The number of rotatable bonds is 3. The molecule has 0 aromatic heterocycles. The van der Waals surface area contributed by atoms with Gasteiger partial charge in [-0.15, -0.1) is 11.8 Å². The molecule has 1 aliphatic rings. The van der Waals surface area contributed by atoms with Crippen LogP contribution in [-0.2, 0) is 4.79 Å². The molecule has 1 N–H and O–H groups in total. The molecule has 1 atom stereocenters. The molecule has 21 heavy (non-hydrogen) atoms. The van der Waals surface area contributed by atoms with Crippen molar-refractivity contribution in [3.63, 3.8) is 0 Å². The number of nitrogens with zero attached hydrogens (tertiary/aromatic N) is 2. The van der Waals surface area contributed by atoms with Crippen LogP contribution < -0.4 is 0 Å². The zero-order chi connectivity index (χ0) is 15.7. The number of nitro groups is 1. The molecule has 1 aromatic rings. The van der Waals surface area contributed by atoms with Gasteiger partial charge in [0, 0.05) is 5.75 Å². The first kappa shape index (κ1) is 15.2. The smallest absolute Gasteiger partial charge is 0.327 e. The fourth-order valence-electron chi connectivity index (χ4n) is 1.84. The van der Waals surface area contributed by atoms with E-state index in [1.165, 1.54) is 0 Å². The van der Waals surface area contributed by atoms with E-state index < -0.39 is 45.7 Å². The first-order valence-electron chi connectivity index (χ1n) is 5.58. The molecular formula is C11H8F2N2O5S. The van der Waals surface area contributed by atoms with E-state index >= 15 is 0 Å². The Labute approximate surface area is 120 Å². The summed E-state index contributed by atoms with van der Waals surface area (Å²) in [5.74, 6) is -4.74. The van der Waals surface area contributed by atoms with Gasteiger partial charge < -0.3 is 10.0 Å². The Morgan fingerprint density at radius 1 is 1.38 bits per heavy atom. The molecule has 0 bridgehead atoms. The number of carbonyl (C=O) groups is 2. The molecule has 2 rings (SSSR count). The number of carbonyl (C=O) groups excluding carboxylic acids is 1. The summed E-state index contributed by atoms with van der Waals surface area (Å²) in [4.78, 5) is 33.3. The lowest BCUT2D eigenvalue weighted by Gasteiger charge is -2.20. The van der Waals surface area contributed by atoms with E-state index in [-0.39, 0.29) is 11.6 Å². The second kappa shape index (κ2) is 5.64. The van der Waals surface area contributed by atoms with Crippen molar-refractivity contribution in [3.05, 3.63) is 39.4 Å². The van der Waals surface area contributed by atoms with Gasteiger partial charge in [0.2, 0.25) is 5.82 Å². The third-order valence-corrected chi connectivity index (χ3v) is 3.90. The highest BCUT2D eigenvalue weighted by Gasteiger charge is 2.36. The summed E-state index contributed by atoms with van der Waals surface area (Å²) in [5, 5.41) is 19.4. The molecule has 1 unspecified atom stereocenters. The van der Waals surface area contributed by atoms with Crippen molar-refractivity contribution in [1.29, 1.82) is 0 Å². The number of benzene rings is 1. The largest absolute Gasteiger partial charge is 0.480 e. The molecular weight excluding hydrogens is 310 g/mol. The molecule has 1 aliphatic heterocycles. The first-order chi connectivity index (χ1) is 9.82. The third-order valence-electron chi connectivity index (χ3n) is 2.89. The van der Waals surface area contributed by atoms with Crippen molar-refractivity contribution in [2.24, 2.45) is 0 Å². The number of hydrogen-bond donors (Lipinski definition) is 1. The summed E-state index contributed by atoms with van der Waals surface area (Å²) in [7, 11) is 0. The van der Waals surface area contributed by atoms with Crippen LogP contribution in [0.15, 0.2) is 12.1 Å². The minimum absolute atomic E-state index is 0.0217. The summed E-state index contributed by atoms with van der Waals surface area (Å²) in [5.41, 5.74) is -1.82. The van der Waals surface area contributed by atoms with Crippen LogP contribution in [0.25, 0.3) is 0 Å². The molecule has 112 valence electrons. The Morgan fingerprint density at radius 2 is 2.05 bits per heavy atom. The molecule has 0 saturated carbocycles. The van der Waals surface area contributed by atoms with Crippen LogP contribution in [0.1, 0.15) is 10.4 Å². The molecule has 7 nitrogen and oxygen atoms in total. The second-order valence-corrected chi connectivity index (χ2v) is 5.17. The van der Waals surface area contributed by atoms with Gasteiger partial charge in [0.05, 0.1) is 22.4 Å². The quantitative estimate of drug-likeness (QED) is 0.669. The second-order valence-electron chi connectivity index (χ2n) is 4.17. The monoisotopic (exact) mass is 318 g/mol. The van der Waals surface area contributed by atoms with Gasteiger partial charge in [-0.1, -0.05) is 0 Å². The van der Waals surface area contributed by atoms with Crippen LogP contribution in [0, 0.1) is 21.7 Å². The van der Waals surface area contributed by atoms with E-state index in [0.29, 0.717) is 12.1 Å². The average molecular weight is 318 g/mol. The lowest BCUT2D eigenvalue weighted by Crippen LogP contribution is -2.42. The van der Waals surface area contributed by atoms with E-state index in [9.17, 15) is 28.5 Å². The minimum Gasteiger partial charge on any atom is -0.480 e. The number of halogens is 2. The average Bonchev–Trinajstić information content (AvgIpc) is 2.89. The lowest BCUT2D eigenvalue weighted by molar-refractivity contribution is -0.387. The minimum atomic E-state index is -1.36. The Balaban J connectivity index is 2.38. The van der Waals surface area contributed by atoms with Crippen molar-refractivity contribution in [1.82, 2.24) is 4.90 Å². The number of amides is 1. The number of nitro benzene ring substituents is 1. The highest BCUT2D eigenvalue weighted by Crippen LogP contribution is 2.27. The van der Waals surface area contributed by atoms with Gasteiger partial charge in [0.1, 0.15) is 11.9 Å². The maximum Gasteiger partial charge on any atom is 0.327 e. The summed E-state index contributed by atoms with van der Waals surface area (Å²) < 4.78 is 27.2. The topological polar surface area (TPSA) is 101 Å². The Kier molecular flexibility index (Phi) is 4.07. The van der Waals surface area contributed by atoms with Crippen molar-refractivity contribution in [2.75, 3.05) is 11.6 Å². The van der Waals surface area contributed by atoms with E-state index in [4.69, 9.17) is 5.11 Å². The molecule has 1 amide bonds. The van der Waals surface area contributed by atoms with E-state index in [1.807, 2.05) is 0 Å². The molecule has 1 heterocycles. The van der Waals surface area contributed by atoms with Gasteiger partial charge in [-0.2, -0.15) is 4.39 Å². The number of thioether (sulfide) groups is 1. The van der Waals surface area contributed by atoms with Gasteiger partial charge >= 0.3 is 11.7 Å². The summed E-state index contributed by atoms with van der Waals surface area (Å²) in [6, 6.07) is -0.417. The highest BCUT2D eigenvalue weighted by atomic mass is 32.2.